The molecule has 1 aliphatic heterocycles. The van der Waals surface area contributed by atoms with E-state index in [0.717, 1.165) is 22.4 Å². The Morgan fingerprint density at radius 1 is 0.806 bits per heavy atom. The van der Waals surface area contributed by atoms with E-state index in [1.165, 1.54) is 0 Å². The number of pyridine rings is 1. The SMILES string of the molecule is CCOC(CC1=[N+](C)N(c2ccccc2)c2c(n(-c3ccccc3)c(=O)c3ccccc23)O1)OCC. The monoisotopic (exact) mass is 484 g/mol. The largest absolute Gasteiger partial charge is 0.386 e. The van der Waals surface area contributed by atoms with E-state index in [-0.39, 0.29) is 5.56 Å². The van der Waals surface area contributed by atoms with Gasteiger partial charge in [0.1, 0.15) is 12.1 Å². The van der Waals surface area contributed by atoms with Crippen LogP contribution in [-0.2, 0) is 9.47 Å². The Bertz CT molecular complexity index is 1440. The third-order valence-electron chi connectivity index (χ3n) is 6.17. The fraction of sp³-hybridized carbons (Fsp3) is 0.241. The van der Waals surface area contributed by atoms with Crippen LogP contribution in [0.5, 0.6) is 5.88 Å². The average Bonchev–Trinajstić information content (AvgIpc) is 2.91. The topological polar surface area (TPSA) is 55.9 Å². The highest BCUT2D eigenvalue weighted by Gasteiger charge is 2.39. The Hall–Kier alpha value is -3.94. The summed E-state index contributed by atoms with van der Waals surface area (Å²) in [5.74, 6) is 1.06. The summed E-state index contributed by atoms with van der Waals surface area (Å²) in [7, 11) is 1.95. The molecule has 36 heavy (non-hydrogen) atoms. The number of hydrazone groups is 1. The number of rotatable bonds is 8. The van der Waals surface area contributed by atoms with Gasteiger partial charge in [-0.2, -0.15) is 0 Å². The van der Waals surface area contributed by atoms with Crippen LogP contribution in [0.15, 0.2) is 89.7 Å². The second-order valence-electron chi connectivity index (χ2n) is 8.39. The molecule has 3 aromatic carbocycles. The molecule has 0 N–H and O–H groups in total. The Labute approximate surface area is 210 Å². The van der Waals surface area contributed by atoms with Crippen LogP contribution in [-0.4, -0.2) is 41.7 Å². The molecule has 0 fully saturated rings. The van der Waals surface area contributed by atoms with Crippen LogP contribution in [0.25, 0.3) is 16.5 Å². The minimum absolute atomic E-state index is 0.140. The highest BCUT2D eigenvalue weighted by molar-refractivity contribution is 5.99. The highest BCUT2D eigenvalue weighted by atomic mass is 16.7. The summed E-state index contributed by atoms with van der Waals surface area (Å²) in [6, 6.07) is 27.3. The van der Waals surface area contributed by atoms with Crippen LogP contribution >= 0.6 is 0 Å². The van der Waals surface area contributed by atoms with E-state index >= 15 is 0 Å². The summed E-state index contributed by atoms with van der Waals surface area (Å²) >= 11 is 0. The first-order valence-electron chi connectivity index (χ1n) is 12.2. The Morgan fingerprint density at radius 2 is 1.36 bits per heavy atom. The average molecular weight is 485 g/mol. The second kappa shape index (κ2) is 10.4. The number of fused-ring (bicyclic) bond motifs is 3. The van der Waals surface area contributed by atoms with Gasteiger partial charge < -0.3 is 14.2 Å². The molecule has 0 unspecified atom stereocenters. The molecule has 7 heteroatoms. The van der Waals surface area contributed by atoms with E-state index in [4.69, 9.17) is 14.2 Å². The first kappa shape index (κ1) is 23.8. The van der Waals surface area contributed by atoms with Crippen LogP contribution < -0.4 is 15.3 Å². The summed E-state index contributed by atoms with van der Waals surface area (Å²) in [4.78, 5) is 13.9. The normalized spacial score (nSPS) is 13.3. The molecule has 1 aliphatic rings. The Kier molecular flexibility index (Phi) is 6.84. The maximum atomic E-state index is 13.9. The zero-order valence-corrected chi connectivity index (χ0v) is 20.8. The highest BCUT2D eigenvalue weighted by Crippen LogP contribution is 2.42. The molecular weight excluding hydrogens is 454 g/mol. The van der Waals surface area contributed by atoms with Crippen molar-refractivity contribution in [3.63, 3.8) is 0 Å². The van der Waals surface area contributed by atoms with E-state index in [1.54, 1.807) is 4.57 Å². The van der Waals surface area contributed by atoms with E-state index in [2.05, 4.69) is 5.01 Å². The van der Waals surface area contributed by atoms with Gasteiger partial charge in [-0.05, 0) is 44.2 Å². The maximum Gasteiger partial charge on any atom is 0.377 e. The van der Waals surface area contributed by atoms with Crippen molar-refractivity contribution in [2.24, 2.45) is 0 Å². The van der Waals surface area contributed by atoms with Crippen molar-refractivity contribution in [2.45, 2.75) is 26.6 Å². The van der Waals surface area contributed by atoms with Gasteiger partial charge in [-0.15, -0.1) is 5.01 Å². The number of ether oxygens (including phenoxy) is 3. The van der Waals surface area contributed by atoms with Gasteiger partial charge in [0, 0.05) is 18.6 Å². The Balaban J connectivity index is 1.81. The number of para-hydroxylation sites is 2. The standard InChI is InChI=1S/C29H30N3O4/c1-4-34-26(35-5-2)20-25-30(3)32(22-16-10-7-11-17-22)27-23-18-12-13-19-24(23)28(33)31(29(27)36-25)21-14-8-6-9-15-21/h6-19,26H,4-5,20H2,1-3H3/q+1. The van der Waals surface area contributed by atoms with E-state index in [1.807, 2.05) is 111 Å². The molecule has 184 valence electrons. The van der Waals surface area contributed by atoms with Gasteiger partial charge >= 0.3 is 5.90 Å². The molecule has 0 saturated carbocycles. The molecule has 0 spiro atoms. The van der Waals surface area contributed by atoms with E-state index in [9.17, 15) is 4.79 Å². The van der Waals surface area contributed by atoms with Gasteiger partial charge in [-0.1, -0.05) is 59.3 Å². The second-order valence-corrected chi connectivity index (χ2v) is 8.39. The molecule has 0 aliphatic carbocycles. The molecule has 7 nitrogen and oxygen atoms in total. The zero-order chi connectivity index (χ0) is 25.1. The summed E-state index contributed by atoms with van der Waals surface area (Å²) in [6.45, 7) is 4.90. The van der Waals surface area contributed by atoms with Crippen molar-refractivity contribution >= 4 is 28.0 Å². The fourth-order valence-corrected chi connectivity index (χ4v) is 4.58. The number of hydrazine groups is 1. The van der Waals surface area contributed by atoms with Gasteiger partial charge in [0.2, 0.25) is 5.88 Å². The zero-order valence-electron chi connectivity index (χ0n) is 20.8. The van der Waals surface area contributed by atoms with Crippen molar-refractivity contribution in [3.8, 4) is 11.6 Å². The third-order valence-corrected chi connectivity index (χ3v) is 6.17. The molecule has 0 radical (unpaired) electrons. The fourth-order valence-electron chi connectivity index (χ4n) is 4.58. The summed E-state index contributed by atoms with van der Waals surface area (Å²) in [5, 5.41) is 3.51. The predicted octanol–water partition coefficient (Wildman–Crippen LogP) is 5.27. The lowest BCUT2D eigenvalue weighted by molar-refractivity contribution is -0.512. The van der Waals surface area contributed by atoms with Gasteiger partial charge in [-0.3, -0.25) is 4.79 Å². The van der Waals surface area contributed by atoms with Gasteiger partial charge in [0.05, 0.1) is 11.1 Å². The number of nitrogens with zero attached hydrogens (tertiary/aromatic N) is 3. The minimum Gasteiger partial charge on any atom is -0.386 e. The summed E-state index contributed by atoms with van der Waals surface area (Å²) in [5.41, 5.74) is 2.32. The van der Waals surface area contributed by atoms with Crippen molar-refractivity contribution < 1.29 is 18.9 Å². The lowest BCUT2D eigenvalue weighted by Gasteiger charge is -2.30. The Morgan fingerprint density at radius 3 is 1.97 bits per heavy atom. The quantitative estimate of drug-likeness (QED) is 0.252. The lowest BCUT2D eigenvalue weighted by Crippen LogP contribution is -2.43. The summed E-state index contributed by atoms with van der Waals surface area (Å²) < 4.78 is 21.9. The number of benzene rings is 3. The first-order valence-corrected chi connectivity index (χ1v) is 12.2. The molecule has 0 saturated heterocycles. The van der Waals surface area contributed by atoms with Crippen LogP contribution in [0.2, 0.25) is 0 Å². The van der Waals surface area contributed by atoms with E-state index in [0.29, 0.717) is 36.8 Å². The number of hydrogen-bond donors (Lipinski definition) is 0. The van der Waals surface area contributed by atoms with Crippen molar-refractivity contribution in [1.29, 1.82) is 0 Å². The molecule has 4 aromatic rings. The van der Waals surface area contributed by atoms with Crippen LogP contribution in [0.1, 0.15) is 20.3 Å². The first-order chi connectivity index (χ1) is 17.6. The number of aromatic nitrogens is 1. The number of hydrogen-bond acceptors (Lipinski definition) is 5. The minimum atomic E-state index is -0.478. The molecule has 5 rings (SSSR count). The van der Waals surface area contributed by atoms with Gasteiger partial charge in [0.15, 0.2) is 19.0 Å². The van der Waals surface area contributed by atoms with Crippen molar-refractivity contribution in [2.75, 3.05) is 25.3 Å². The molecule has 2 heterocycles. The molecule has 0 atom stereocenters. The summed E-state index contributed by atoms with van der Waals surface area (Å²) in [6.07, 6.45) is -0.106. The molecule has 1 aromatic heterocycles. The third kappa shape index (κ3) is 4.27. The number of anilines is 2. The van der Waals surface area contributed by atoms with E-state index < -0.39 is 6.29 Å². The lowest BCUT2D eigenvalue weighted by atomic mass is 10.1. The van der Waals surface area contributed by atoms with Gasteiger partial charge in [-0.25, -0.2) is 4.57 Å². The smallest absolute Gasteiger partial charge is 0.377 e. The van der Waals surface area contributed by atoms with Crippen LogP contribution in [0.3, 0.4) is 0 Å². The van der Waals surface area contributed by atoms with Crippen LogP contribution in [0.4, 0.5) is 11.4 Å². The van der Waals surface area contributed by atoms with Crippen molar-refractivity contribution in [3.05, 3.63) is 95.3 Å². The van der Waals surface area contributed by atoms with Crippen LogP contribution in [0, 0.1) is 0 Å². The van der Waals surface area contributed by atoms with Gasteiger partial charge in [0.25, 0.3) is 5.56 Å². The molecule has 0 amide bonds. The predicted molar refractivity (Wildman–Crippen MR) is 142 cm³/mol. The maximum absolute atomic E-state index is 13.9. The molecule has 0 bridgehead atoms. The molecular formula is C29H30N3O4+. The van der Waals surface area contributed by atoms with Crippen molar-refractivity contribution in [1.82, 2.24) is 4.57 Å².